The molecule has 0 unspecified atom stereocenters. The average Bonchev–Trinajstić information content (AvgIpc) is 2.95. The highest BCUT2D eigenvalue weighted by molar-refractivity contribution is 7.17. The molecule has 0 fully saturated rings. The van der Waals surface area contributed by atoms with Gasteiger partial charge in [0.1, 0.15) is 0 Å². The van der Waals surface area contributed by atoms with Crippen LogP contribution in [0, 0.1) is 0 Å². The van der Waals surface area contributed by atoms with Crippen LogP contribution in [-0.4, -0.2) is 19.9 Å². The Bertz CT molecular complexity index is 773. The number of hydrogen-bond acceptors (Lipinski definition) is 3. The summed E-state index contributed by atoms with van der Waals surface area (Å²) < 4.78 is 1.06. The van der Waals surface area contributed by atoms with E-state index < -0.39 is 0 Å². The Balaban J connectivity index is 2.08. The molecule has 0 aliphatic rings. The van der Waals surface area contributed by atoms with Crippen molar-refractivity contribution >= 4 is 32.9 Å². The van der Waals surface area contributed by atoms with Gasteiger partial charge in [0, 0.05) is 35.6 Å². The Morgan fingerprint density at radius 3 is 2.65 bits per heavy atom. The molecule has 0 spiro atoms. The molecule has 0 radical (unpaired) electrons. The van der Waals surface area contributed by atoms with Crippen LogP contribution in [0.5, 0.6) is 0 Å². The maximum atomic E-state index is 12.7. The van der Waals surface area contributed by atoms with Crippen molar-refractivity contribution in [1.82, 2.24) is 0 Å². The standard InChI is InChI=1S/C17H15NOS/c1-18(2)14-7-3-6-13(11-14)16(19)15-8-4-5-12-9-10-20-17(12)15/h3-11H,1-2H3. The first-order chi connectivity index (χ1) is 9.66. The van der Waals surface area contributed by atoms with Crippen molar-refractivity contribution in [3.05, 3.63) is 65.0 Å². The van der Waals surface area contributed by atoms with Gasteiger partial charge >= 0.3 is 0 Å². The summed E-state index contributed by atoms with van der Waals surface area (Å²) in [5, 5.41) is 3.15. The van der Waals surface area contributed by atoms with Crippen molar-refractivity contribution in [2.75, 3.05) is 19.0 Å². The lowest BCUT2D eigenvalue weighted by Crippen LogP contribution is -2.10. The third-order valence-electron chi connectivity index (χ3n) is 3.35. The van der Waals surface area contributed by atoms with Crippen LogP contribution in [0.25, 0.3) is 10.1 Å². The molecule has 1 aromatic heterocycles. The van der Waals surface area contributed by atoms with Crippen LogP contribution in [0.3, 0.4) is 0 Å². The number of thiophene rings is 1. The van der Waals surface area contributed by atoms with Crippen molar-refractivity contribution in [1.29, 1.82) is 0 Å². The van der Waals surface area contributed by atoms with Crippen LogP contribution in [0.1, 0.15) is 15.9 Å². The van der Waals surface area contributed by atoms with Crippen LogP contribution in [0.4, 0.5) is 5.69 Å². The summed E-state index contributed by atoms with van der Waals surface area (Å²) in [6, 6.07) is 15.7. The zero-order valence-electron chi connectivity index (χ0n) is 11.5. The van der Waals surface area contributed by atoms with Crippen molar-refractivity contribution in [2.45, 2.75) is 0 Å². The SMILES string of the molecule is CN(C)c1cccc(C(=O)c2cccc3ccsc23)c1. The number of ketones is 1. The number of carbonyl (C=O) groups excluding carboxylic acids is 1. The van der Waals surface area contributed by atoms with Gasteiger partial charge in [0.25, 0.3) is 0 Å². The Kier molecular flexibility index (Phi) is 3.28. The number of fused-ring (bicyclic) bond motifs is 1. The van der Waals surface area contributed by atoms with Gasteiger partial charge in [-0.05, 0) is 35.0 Å². The van der Waals surface area contributed by atoms with E-state index in [1.165, 1.54) is 0 Å². The van der Waals surface area contributed by atoms with Crippen LogP contribution < -0.4 is 4.90 Å². The lowest BCUT2D eigenvalue weighted by molar-refractivity contribution is 0.104. The van der Waals surface area contributed by atoms with Crippen molar-refractivity contribution in [3.8, 4) is 0 Å². The summed E-state index contributed by atoms with van der Waals surface area (Å²) in [7, 11) is 3.95. The first-order valence-corrected chi connectivity index (χ1v) is 7.33. The Morgan fingerprint density at radius 2 is 1.85 bits per heavy atom. The van der Waals surface area contributed by atoms with Crippen LogP contribution >= 0.6 is 11.3 Å². The molecule has 20 heavy (non-hydrogen) atoms. The molecule has 1 heterocycles. The van der Waals surface area contributed by atoms with Crippen LogP contribution in [-0.2, 0) is 0 Å². The van der Waals surface area contributed by atoms with Crippen molar-refractivity contribution in [2.24, 2.45) is 0 Å². The first-order valence-electron chi connectivity index (χ1n) is 6.45. The summed E-state index contributed by atoms with van der Waals surface area (Å²) in [4.78, 5) is 14.7. The fourth-order valence-corrected chi connectivity index (χ4v) is 3.16. The lowest BCUT2D eigenvalue weighted by atomic mass is 10.0. The summed E-state index contributed by atoms with van der Waals surface area (Å²) >= 11 is 1.62. The molecule has 3 heteroatoms. The fraction of sp³-hybridized carbons (Fsp3) is 0.118. The molecule has 0 aliphatic carbocycles. The summed E-state index contributed by atoms with van der Waals surface area (Å²) in [6.45, 7) is 0. The molecule has 0 saturated heterocycles. The predicted octanol–water partition coefficient (Wildman–Crippen LogP) is 4.20. The Labute approximate surface area is 122 Å². The molecule has 0 N–H and O–H groups in total. The van der Waals surface area contributed by atoms with Gasteiger partial charge in [0.2, 0.25) is 0 Å². The zero-order chi connectivity index (χ0) is 14.1. The lowest BCUT2D eigenvalue weighted by Gasteiger charge is -2.13. The molecule has 0 amide bonds. The van der Waals surface area contributed by atoms with E-state index in [-0.39, 0.29) is 5.78 Å². The number of carbonyl (C=O) groups is 1. The van der Waals surface area contributed by atoms with Gasteiger partial charge < -0.3 is 4.90 Å². The van der Waals surface area contributed by atoms with Gasteiger partial charge in [-0.2, -0.15) is 0 Å². The van der Waals surface area contributed by atoms with Crippen molar-refractivity contribution in [3.63, 3.8) is 0 Å². The van der Waals surface area contributed by atoms with Gasteiger partial charge in [-0.25, -0.2) is 0 Å². The minimum absolute atomic E-state index is 0.0850. The van der Waals surface area contributed by atoms with Crippen molar-refractivity contribution < 1.29 is 4.79 Å². The second-order valence-electron chi connectivity index (χ2n) is 4.92. The van der Waals surface area contributed by atoms with Crippen LogP contribution in [0.15, 0.2) is 53.9 Å². The number of rotatable bonds is 3. The Hall–Kier alpha value is -2.13. The van der Waals surface area contributed by atoms with Gasteiger partial charge in [0.05, 0.1) is 0 Å². The van der Waals surface area contributed by atoms with E-state index >= 15 is 0 Å². The molecular weight excluding hydrogens is 266 g/mol. The van der Waals surface area contributed by atoms with E-state index in [0.717, 1.165) is 26.9 Å². The number of nitrogens with zero attached hydrogens (tertiary/aromatic N) is 1. The molecule has 3 rings (SSSR count). The number of benzene rings is 2. The number of anilines is 1. The van der Waals surface area contributed by atoms with E-state index in [2.05, 4.69) is 0 Å². The third-order valence-corrected chi connectivity index (χ3v) is 4.31. The van der Waals surface area contributed by atoms with Gasteiger partial charge in [-0.15, -0.1) is 11.3 Å². The average molecular weight is 281 g/mol. The quantitative estimate of drug-likeness (QED) is 0.671. The topological polar surface area (TPSA) is 20.3 Å². The highest BCUT2D eigenvalue weighted by atomic mass is 32.1. The minimum Gasteiger partial charge on any atom is -0.378 e. The fourth-order valence-electron chi connectivity index (χ4n) is 2.25. The molecule has 2 nitrogen and oxygen atoms in total. The molecular formula is C17H15NOS. The van der Waals surface area contributed by atoms with Crippen LogP contribution in [0.2, 0.25) is 0 Å². The van der Waals surface area contributed by atoms with E-state index in [1.807, 2.05) is 72.9 Å². The van der Waals surface area contributed by atoms with E-state index in [1.54, 1.807) is 11.3 Å². The molecule has 0 atom stereocenters. The normalized spacial score (nSPS) is 10.7. The summed E-state index contributed by atoms with van der Waals surface area (Å²) in [6.07, 6.45) is 0. The largest absolute Gasteiger partial charge is 0.378 e. The van der Waals surface area contributed by atoms with Gasteiger partial charge in [-0.1, -0.05) is 24.3 Å². The maximum Gasteiger partial charge on any atom is 0.194 e. The highest BCUT2D eigenvalue weighted by Crippen LogP contribution is 2.27. The molecule has 0 aliphatic heterocycles. The summed E-state index contributed by atoms with van der Waals surface area (Å²) in [5.74, 6) is 0.0850. The molecule has 0 saturated carbocycles. The molecule has 100 valence electrons. The van der Waals surface area contributed by atoms with Gasteiger partial charge in [0.15, 0.2) is 5.78 Å². The third kappa shape index (κ3) is 2.21. The van der Waals surface area contributed by atoms with Gasteiger partial charge in [-0.3, -0.25) is 4.79 Å². The molecule has 0 bridgehead atoms. The Morgan fingerprint density at radius 1 is 1.05 bits per heavy atom. The smallest absolute Gasteiger partial charge is 0.194 e. The van der Waals surface area contributed by atoms with E-state index in [9.17, 15) is 4.79 Å². The zero-order valence-corrected chi connectivity index (χ0v) is 12.3. The predicted molar refractivity (Wildman–Crippen MR) is 86.0 cm³/mol. The second kappa shape index (κ2) is 5.10. The molecule has 3 aromatic rings. The second-order valence-corrected chi connectivity index (χ2v) is 5.83. The summed E-state index contributed by atoms with van der Waals surface area (Å²) in [5.41, 5.74) is 2.56. The number of hydrogen-bond donors (Lipinski definition) is 0. The maximum absolute atomic E-state index is 12.7. The monoisotopic (exact) mass is 281 g/mol. The highest BCUT2D eigenvalue weighted by Gasteiger charge is 2.13. The minimum atomic E-state index is 0.0850. The first kappa shape index (κ1) is 12.9. The van der Waals surface area contributed by atoms with E-state index in [4.69, 9.17) is 0 Å². The molecule has 2 aromatic carbocycles. The van der Waals surface area contributed by atoms with E-state index in [0.29, 0.717) is 0 Å².